The van der Waals surface area contributed by atoms with Crippen molar-refractivity contribution in [3.8, 4) is 0 Å². The third kappa shape index (κ3) is 7.04. The first kappa shape index (κ1) is 9.04. The molecule has 0 saturated heterocycles. The third-order valence-electron chi connectivity index (χ3n) is 0.732. The largest absolute Gasteiger partial charge is 0.510 e. The Balaban J connectivity index is 2.90. The van der Waals surface area contributed by atoms with Crippen LogP contribution in [0.1, 0.15) is 0 Å². The maximum absolute atomic E-state index is 8.53. The molecule has 58 valence electrons. The van der Waals surface area contributed by atoms with Gasteiger partial charge in [-0.3, -0.25) is 0 Å². The highest BCUT2D eigenvalue weighted by Crippen LogP contribution is 1.84. The van der Waals surface area contributed by atoms with Crippen molar-refractivity contribution in [3.63, 3.8) is 0 Å². The summed E-state index contributed by atoms with van der Waals surface area (Å²) in [5.41, 5.74) is 0. The number of ether oxygens (including phenoxy) is 2. The molecule has 0 spiro atoms. The van der Waals surface area contributed by atoms with E-state index in [1.165, 1.54) is 6.26 Å². The lowest BCUT2D eigenvalue weighted by Crippen LogP contribution is -2.03. The van der Waals surface area contributed by atoms with E-state index in [-0.39, 0.29) is 12.4 Å². The molecule has 0 bridgehead atoms. The summed E-state index contributed by atoms with van der Waals surface area (Å²) >= 11 is 0. The Bertz CT molecular complexity index is 109. The zero-order valence-electron chi connectivity index (χ0n) is 5.88. The van der Waals surface area contributed by atoms with Gasteiger partial charge in [0.05, 0.1) is 12.9 Å². The first-order valence-electron chi connectivity index (χ1n) is 2.94. The van der Waals surface area contributed by atoms with Gasteiger partial charge in [-0.25, -0.2) is 0 Å². The van der Waals surface area contributed by atoms with Crippen LogP contribution in [0.25, 0.3) is 0 Å². The summed E-state index contributed by atoms with van der Waals surface area (Å²) in [5, 5.41) is 8.53. The van der Waals surface area contributed by atoms with Crippen molar-refractivity contribution in [2.75, 3.05) is 19.8 Å². The van der Waals surface area contributed by atoms with Crippen LogP contribution in [0.4, 0.5) is 0 Å². The van der Waals surface area contributed by atoms with Crippen LogP contribution in [-0.4, -0.2) is 24.9 Å². The molecule has 0 radical (unpaired) electrons. The third-order valence-corrected chi connectivity index (χ3v) is 0.732. The molecule has 0 unspecified atom stereocenters. The van der Waals surface area contributed by atoms with Gasteiger partial charge in [0, 0.05) is 0 Å². The lowest BCUT2D eigenvalue weighted by atomic mass is 10.6. The van der Waals surface area contributed by atoms with Crippen LogP contribution < -0.4 is 0 Å². The Morgan fingerprint density at radius 1 is 1.50 bits per heavy atom. The normalized spacial score (nSPS) is 8.80. The summed E-state index contributed by atoms with van der Waals surface area (Å²) in [4.78, 5) is 0. The number of aliphatic hydroxyl groups excluding tert-OH is 1. The highest BCUT2D eigenvalue weighted by atomic mass is 16.5. The van der Waals surface area contributed by atoms with Gasteiger partial charge in [0.15, 0.2) is 0 Å². The fourth-order valence-electron chi connectivity index (χ4n) is 0.380. The predicted molar refractivity (Wildman–Crippen MR) is 38.7 cm³/mol. The number of hydrogen-bond donors (Lipinski definition) is 1. The van der Waals surface area contributed by atoms with Crippen LogP contribution in [0, 0.1) is 0 Å². The minimum atomic E-state index is 0.0265. The molecule has 0 atom stereocenters. The van der Waals surface area contributed by atoms with E-state index in [0.717, 1.165) is 0 Å². The van der Waals surface area contributed by atoms with E-state index in [9.17, 15) is 0 Å². The highest BCUT2D eigenvalue weighted by Gasteiger charge is 1.88. The number of hydrogen-bond acceptors (Lipinski definition) is 3. The van der Waals surface area contributed by atoms with Crippen LogP contribution in [-0.2, 0) is 9.47 Å². The van der Waals surface area contributed by atoms with Crippen LogP contribution in [0.15, 0.2) is 25.2 Å². The molecule has 10 heavy (non-hydrogen) atoms. The lowest BCUT2D eigenvalue weighted by molar-refractivity contribution is 0.0837. The van der Waals surface area contributed by atoms with Gasteiger partial charge >= 0.3 is 0 Å². The summed E-state index contributed by atoms with van der Waals surface area (Å²) in [6.07, 6.45) is 1.34. The molecule has 0 aliphatic carbocycles. The SMILES string of the molecule is C=COCCOCC(=C)O. The van der Waals surface area contributed by atoms with Crippen molar-refractivity contribution in [2.24, 2.45) is 0 Å². The molecular formula is C7H12O3. The van der Waals surface area contributed by atoms with Gasteiger partial charge in [-0.15, -0.1) is 0 Å². The van der Waals surface area contributed by atoms with Gasteiger partial charge in [-0.2, -0.15) is 0 Å². The molecule has 0 amide bonds. The molecule has 0 aromatic rings. The maximum Gasteiger partial charge on any atom is 0.111 e. The van der Waals surface area contributed by atoms with E-state index in [4.69, 9.17) is 14.6 Å². The average molecular weight is 144 g/mol. The van der Waals surface area contributed by atoms with Gasteiger partial charge < -0.3 is 14.6 Å². The maximum atomic E-state index is 8.53. The highest BCUT2D eigenvalue weighted by molar-refractivity contribution is 4.77. The smallest absolute Gasteiger partial charge is 0.111 e. The Morgan fingerprint density at radius 2 is 2.20 bits per heavy atom. The quantitative estimate of drug-likeness (QED) is 0.450. The Morgan fingerprint density at radius 3 is 2.70 bits per heavy atom. The molecule has 0 rings (SSSR count). The van der Waals surface area contributed by atoms with Crippen LogP contribution >= 0.6 is 0 Å². The fourth-order valence-corrected chi connectivity index (χ4v) is 0.380. The monoisotopic (exact) mass is 144 g/mol. The van der Waals surface area contributed by atoms with Crippen molar-refractivity contribution < 1.29 is 14.6 Å². The Labute approximate surface area is 60.6 Å². The standard InChI is InChI=1S/C7H12O3/c1-3-9-4-5-10-6-7(2)8/h3,8H,1-2,4-6H2. The van der Waals surface area contributed by atoms with Crippen molar-refractivity contribution in [1.82, 2.24) is 0 Å². The van der Waals surface area contributed by atoms with E-state index in [0.29, 0.717) is 13.2 Å². The summed E-state index contributed by atoms with van der Waals surface area (Å²) in [6.45, 7) is 7.65. The predicted octanol–water partition coefficient (Wildman–Crippen LogP) is 1.23. The molecule has 3 heteroatoms. The van der Waals surface area contributed by atoms with Gasteiger partial charge in [0.1, 0.15) is 19.0 Å². The Kier molecular flexibility index (Phi) is 5.57. The first-order chi connectivity index (χ1) is 4.77. The summed E-state index contributed by atoms with van der Waals surface area (Å²) in [6, 6.07) is 0. The molecule has 1 N–H and O–H groups in total. The van der Waals surface area contributed by atoms with Crippen molar-refractivity contribution in [1.29, 1.82) is 0 Å². The molecule has 0 aromatic heterocycles. The number of aliphatic hydroxyl groups is 1. The molecule has 0 saturated carbocycles. The molecule has 0 fully saturated rings. The van der Waals surface area contributed by atoms with Crippen molar-refractivity contribution >= 4 is 0 Å². The topological polar surface area (TPSA) is 38.7 Å². The molecule has 0 aliphatic rings. The van der Waals surface area contributed by atoms with E-state index in [1.807, 2.05) is 0 Å². The molecule has 0 aromatic carbocycles. The summed E-state index contributed by atoms with van der Waals surface area (Å²) in [5.74, 6) is 0.0265. The Hall–Kier alpha value is -0.960. The van der Waals surface area contributed by atoms with Gasteiger partial charge in [0.2, 0.25) is 0 Å². The second kappa shape index (κ2) is 6.16. The van der Waals surface area contributed by atoms with E-state index < -0.39 is 0 Å². The van der Waals surface area contributed by atoms with Crippen LogP contribution in [0.5, 0.6) is 0 Å². The summed E-state index contributed by atoms with van der Waals surface area (Å²) < 4.78 is 9.62. The zero-order valence-corrected chi connectivity index (χ0v) is 5.88. The lowest BCUT2D eigenvalue weighted by Gasteiger charge is -2.01. The van der Waals surface area contributed by atoms with Crippen LogP contribution in [0.3, 0.4) is 0 Å². The molecular weight excluding hydrogens is 132 g/mol. The van der Waals surface area contributed by atoms with Crippen LogP contribution in [0.2, 0.25) is 0 Å². The second-order valence-electron chi connectivity index (χ2n) is 1.66. The van der Waals surface area contributed by atoms with Gasteiger partial charge in [-0.1, -0.05) is 13.2 Å². The molecule has 3 nitrogen and oxygen atoms in total. The molecule has 0 heterocycles. The van der Waals surface area contributed by atoms with Crippen molar-refractivity contribution in [3.05, 3.63) is 25.2 Å². The van der Waals surface area contributed by atoms with E-state index >= 15 is 0 Å². The minimum Gasteiger partial charge on any atom is -0.510 e. The fraction of sp³-hybridized carbons (Fsp3) is 0.429. The molecule has 0 aliphatic heterocycles. The zero-order chi connectivity index (χ0) is 7.82. The average Bonchev–Trinajstić information content (AvgIpc) is 1.87. The van der Waals surface area contributed by atoms with E-state index in [2.05, 4.69) is 13.2 Å². The van der Waals surface area contributed by atoms with Crippen molar-refractivity contribution in [2.45, 2.75) is 0 Å². The summed E-state index contributed by atoms with van der Waals surface area (Å²) in [7, 11) is 0. The van der Waals surface area contributed by atoms with Gasteiger partial charge in [0.25, 0.3) is 0 Å². The number of rotatable bonds is 6. The van der Waals surface area contributed by atoms with E-state index in [1.54, 1.807) is 0 Å². The minimum absolute atomic E-state index is 0.0265. The second-order valence-corrected chi connectivity index (χ2v) is 1.66. The first-order valence-corrected chi connectivity index (χ1v) is 2.94. The van der Waals surface area contributed by atoms with Gasteiger partial charge in [-0.05, 0) is 0 Å².